The molecule has 15 heavy (non-hydrogen) atoms. The highest BCUT2D eigenvalue weighted by atomic mass is 35.7. The molecule has 0 saturated carbocycles. The van der Waals surface area contributed by atoms with Gasteiger partial charge in [0.2, 0.25) is 0 Å². The Bertz CT molecular complexity index is 501. The number of benzene rings is 2. The molecule has 5 heteroatoms. The molecule has 76 valence electrons. The Balaban J connectivity index is 2.36. The second-order valence-corrected chi connectivity index (χ2v) is 6.41. The summed E-state index contributed by atoms with van der Waals surface area (Å²) in [6, 6.07) is 11.6. The minimum Gasteiger partial charge on any atom is -0.628 e. The van der Waals surface area contributed by atoms with E-state index in [2.05, 4.69) is 10.2 Å². The smallest absolute Gasteiger partial charge is 0.254 e. The summed E-state index contributed by atoms with van der Waals surface area (Å²) in [7, 11) is -3.01. The maximum atomic E-state index is 11.8. The van der Waals surface area contributed by atoms with Gasteiger partial charge in [0.25, 0.3) is 7.14 Å². The lowest BCUT2D eigenvalue weighted by Crippen LogP contribution is -2.22. The Morgan fingerprint density at radius 2 is 1.53 bits per heavy atom. The Morgan fingerprint density at radius 3 is 2.07 bits per heavy atom. The summed E-state index contributed by atoms with van der Waals surface area (Å²) in [6.07, 6.45) is 0. The molecule has 0 unspecified atom stereocenters. The highest BCUT2D eigenvalue weighted by Gasteiger charge is 2.30. The molecule has 0 aromatic heterocycles. The van der Waals surface area contributed by atoms with Gasteiger partial charge in [0, 0.05) is 5.39 Å². The molecule has 3 nitrogen and oxygen atoms in total. The van der Waals surface area contributed by atoms with Crippen molar-refractivity contribution < 1.29 is 4.89 Å². The topological polar surface area (TPSA) is 47.1 Å². The van der Waals surface area contributed by atoms with Crippen molar-refractivity contribution in [2.24, 2.45) is 0 Å². The normalized spacial score (nSPS) is 16.9. The van der Waals surface area contributed by atoms with Crippen molar-refractivity contribution in [1.82, 2.24) is 0 Å². The third-order valence-electron chi connectivity index (χ3n) is 2.43. The molecular formula is C10H8ClN2OP. The highest BCUT2D eigenvalue weighted by Crippen LogP contribution is 2.59. The third kappa shape index (κ3) is 1.44. The van der Waals surface area contributed by atoms with Gasteiger partial charge in [-0.3, -0.25) is 0 Å². The first-order valence-electron chi connectivity index (χ1n) is 4.54. The van der Waals surface area contributed by atoms with Crippen LogP contribution in [0.2, 0.25) is 0 Å². The Hall–Kier alpha value is -1.02. The molecule has 0 aliphatic carbocycles. The van der Waals surface area contributed by atoms with Crippen molar-refractivity contribution in [3.63, 3.8) is 0 Å². The first-order chi connectivity index (χ1) is 7.16. The van der Waals surface area contributed by atoms with Crippen LogP contribution in [0.1, 0.15) is 0 Å². The molecule has 0 fully saturated rings. The van der Waals surface area contributed by atoms with Gasteiger partial charge in [-0.1, -0.05) is 24.3 Å². The van der Waals surface area contributed by atoms with Crippen LogP contribution >= 0.6 is 18.4 Å². The van der Waals surface area contributed by atoms with Crippen LogP contribution in [-0.2, 0) is 0 Å². The molecule has 2 aromatic rings. The van der Waals surface area contributed by atoms with Gasteiger partial charge in [-0.2, -0.15) is 0 Å². The number of anilines is 2. The van der Waals surface area contributed by atoms with Crippen molar-refractivity contribution in [1.29, 1.82) is 0 Å². The van der Waals surface area contributed by atoms with Gasteiger partial charge in [0.15, 0.2) is 0 Å². The van der Waals surface area contributed by atoms with Crippen molar-refractivity contribution in [3.8, 4) is 0 Å². The Morgan fingerprint density at radius 1 is 1.00 bits per heavy atom. The summed E-state index contributed by atoms with van der Waals surface area (Å²) in [4.78, 5) is 11.8. The second kappa shape index (κ2) is 2.99. The maximum Gasteiger partial charge on any atom is 0.254 e. The fraction of sp³-hybridized carbons (Fsp3) is 0. The van der Waals surface area contributed by atoms with Gasteiger partial charge in [-0.05, 0) is 17.5 Å². The van der Waals surface area contributed by atoms with Gasteiger partial charge >= 0.3 is 0 Å². The molecule has 1 heterocycles. The zero-order valence-corrected chi connectivity index (χ0v) is 9.35. The van der Waals surface area contributed by atoms with Crippen LogP contribution in [0, 0.1) is 0 Å². The fourth-order valence-corrected chi connectivity index (χ4v) is 3.46. The average molecular weight is 239 g/mol. The molecule has 0 amide bonds. The molecule has 0 atom stereocenters. The van der Waals surface area contributed by atoms with E-state index < -0.39 is 7.14 Å². The minimum absolute atomic E-state index is 0.820. The van der Waals surface area contributed by atoms with E-state index >= 15 is 0 Å². The molecule has 0 saturated heterocycles. The van der Waals surface area contributed by atoms with E-state index in [0.29, 0.717) is 0 Å². The molecule has 0 radical (unpaired) electrons. The first-order valence-corrected chi connectivity index (χ1v) is 7.15. The number of halogens is 1. The SMILES string of the molecule is [O-][P+]1(Cl)Nc2cccc3cccc(c23)N1. The van der Waals surface area contributed by atoms with Crippen molar-refractivity contribution in [3.05, 3.63) is 36.4 Å². The lowest BCUT2D eigenvalue weighted by atomic mass is 10.1. The van der Waals surface area contributed by atoms with Gasteiger partial charge in [0.1, 0.15) is 11.2 Å². The molecule has 0 bridgehead atoms. The molecule has 3 rings (SSSR count). The lowest BCUT2D eigenvalue weighted by molar-refractivity contribution is -0.160. The lowest BCUT2D eigenvalue weighted by Gasteiger charge is -2.30. The predicted octanol–water partition coefficient (Wildman–Crippen LogP) is 2.95. The number of hydrogen-bond acceptors (Lipinski definition) is 3. The summed E-state index contributed by atoms with van der Waals surface area (Å²) >= 11 is 5.82. The van der Waals surface area contributed by atoms with E-state index in [1.54, 1.807) is 0 Å². The number of hydrogen-bond donors (Lipinski definition) is 2. The number of nitrogens with one attached hydrogen (secondary N) is 2. The van der Waals surface area contributed by atoms with Crippen molar-refractivity contribution in [2.45, 2.75) is 0 Å². The highest BCUT2D eigenvalue weighted by molar-refractivity contribution is 7.95. The Labute approximate surface area is 92.4 Å². The fourth-order valence-electron chi connectivity index (χ4n) is 1.87. The van der Waals surface area contributed by atoms with Crippen LogP contribution in [0.15, 0.2) is 36.4 Å². The van der Waals surface area contributed by atoms with Crippen LogP contribution in [0.4, 0.5) is 11.4 Å². The summed E-state index contributed by atoms with van der Waals surface area (Å²) in [5.74, 6) is 0. The van der Waals surface area contributed by atoms with Gasteiger partial charge in [-0.15, -0.1) is 0 Å². The zero-order valence-electron chi connectivity index (χ0n) is 7.70. The zero-order chi connectivity index (χ0) is 10.5. The van der Waals surface area contributed by atoms with E-state index in [9.17, 15) is 4.89 Å². The van der Waals surface area contributed by atoms with Gasteiger partial charge in [0.05, 0.1) is 11.4 Å². The van der Waals surface area contributed by atoms with E-state index in [1.807, 2.05) is 36.4 Å². The van der Waals surface area contributed by atoms with Crippen LogP contribution in [0.25, 0.3) is 10.8 Å². The molecule has 2 aromatic carbocycles. The molecule has 2 N–H and O–H groups in total. The molecular weight excluding hydrogens is 231 g/mol. The monoisotopic (exact) mass is 238 g/mol. The van der Waals surface area contributed by atoms with Crippen LogP contribution in [-0.4, -0.2) is 0 Å². The predicted molar refractivity (Wildman–Crippen MR) is 64.0 cm³/mol. The first kappa shape index (κ1) is 9.22. The molecule has 1 aliphatic rings. The molecule has 0 spiro atoms. The van der Waals surface area contributed by atoms with Crippen LogP contribution in [0.3, 0.4) is 0 Å². The largest absolute Gasteiger partial charge is 0.628 e. The Kier molecular flexibility index (Phi) is 1.84. The van der Waals surface area contributed by atoms with Crippen LogP contribution < -0.4 is 15.1 Å². The summed E-state index contributed by atoms with van der Waals surface area (Å²) in [5, 5.41) is 7.75. The number of rotatable bonds is 0. The summed E-state index contributed by atoms with van der Waals surface area (Å²) < 4.78 is 0. The van der Waals surface area contributed by atoms with E-state index in [0.717, 1.165) is 22.1 Å². The van der Waals surface area contributed by atoms with E-state index in [-0.39, 0.29) is 0 Å². The summed E-state index contributed by atoms with van der Waals surface area (Å²) in [6.45, 7) is 0. The van der Waals surface area contributed by atoms with Gasteiger partial charge in [-0.25, -0.2) is 10.2 Å². The van der Waals surface area contributed by atoms with Gasteiger partial charge < -0.3 is 4.89 Å². The minimum atomic E-state index is -3.01. The van der Waals surface area contributed by atoms with E-state index in [1.165, 1.54) is 0 Å². The maximum absolute atomic E-state index is 11.8. The van der Waals surface area contributed by atoms with Crippen molar-refractivity contribution >= 4 is 40.5 Å². The summed E-state index contributed by atoms with van der Waals surface area (Å²) in [5.41, 5.74) is 1.64. The van der Waals surface area contributed by atoms with Crippen LogP contribution in [0.5, 0.6) is 0 Å². The quantitative estimate of drug-likeness (QED) is 0.694. The third-order valence-corrected chi connectivity index (χ3v) is 4.00. The van der Waals surface area contributed by atoms with E-state index in [4.69, 9.17) is 11.2 Å². The standard InChI is InChI=1S/C10H8ClN2OP/c11-15(14)12-8-5-1-3-7-4-2-6-9(13-15)10(7)8/h1-6H,(H2,12,13,14). The van der Waals surface area contributed by atoms with Crippen molar-refractivity contribution in [2.75, 3.05) is 10.2 Å². The average Bonchev–Trinajstić information content (AvgIpc) is 2.16. The second-order valence-electron chi connectivity index (χ2n) is 3.47. The molecule has 1 aliphatic heterocycles.